The molecule has 21 heavy (non-hydrogen) atoms. The van der Waals surface area contributed by atoms with Crippen molar-refractivity contribution in [2.24, 2.45) is 0 Å². The molecule has 114 valence electrons. The topological polar surface area (TPSA) is 20.2 Å². The monoisotopic (exact) mass is 285 g/mol. The number of nitrogens with zero attached hydrogens (tertiary/aromatic N) is 2. The van der Waals surface area contributed by atoms with Crippen molar-refractivity contribution in [3.8, 4) is 0 Å². The Morgan fingerprint density at radius 1 is 1.19 bits per heavy atom. The van der Waals surface area contributed by atoms with Crippen molar-refractivity contribution >= 4 is 10.9 Å². The van der Waals surface area contributed by atoms with Crippen LogP contribution in [-0.2, 0) is 13.0 Å². The summed E-state index contributed by atoms with van der Waals surface area (Å²) in [6.07, 6.45) is 4.81. The molecule has 3 nitrogen and oxygen atoms in total. The minimum atomic E-state index is 1.05. The highest BCUT2D eigenvalue weighted by atomic mass is 15.2. The molecule has 1 saturated heterocycles. The molecular weight excluding hydrogens is 258 g/mol. The number of aromatic nitrogens is 1. The third-order valence-corrected chi connectivity index (χ3v) is 4.59. The Balaban J connectivity index is 1.68. The molecule has 2 aromatic rings. The van der Waals surface area contributed by atoms with Gasteiger partial charge in [0.2, 0.25) is 0 Å². The van der Waals surface area contributed by atoms with Crippen molar-refractivity contribution in [2.75, 3.05) is 32.7 Å². The maximum absolute atomic E-state index is 3.42. The van der Waals surface area contributed by atoms with Crippen LogP contribution in [0, 0.1) is 6.92 Å². The zero-order valence-electron chi connectivity index (χ0n) is 13.4. The summed E-state index contributed by atoms with van der Waals surface area (Å²) in [6, 6.07) is 6.86. The van der Waals surface area contributed by atoms with Crippen molar-refractivity contribution < 1.29 is 0 Å². The van der Waals surface area contributed by atoms with Crippen LogP contribution in [0.4, 0.5) is 0 Å². The van der Waals surface area contributed by atoms with Crippen LogP contribution in [0.1, 0.15) is 24.5 Å². The minimum Gasteiger partial charge on any atom is -0.347 e. The lowest BCUT2D eigenvalue weighted by atomic mass is 10.1. The van der Waals surface area contributed by atoms with E-state index in [1.165, 1.54) is 54.5 Å². The van der Waals surface area contributed by atoms with E-state index in [0.717, 1.165) is 19.6 Å². The molecule has 0 bridgehead atoms. The molecule has 1 aromatic heterocycles. The lowest BCUT2D eigenvalue weighted by molar-refractivity contribution is 0.238. The fraction of sp³-hybridized carbons (Fsp3) is 0.556. The summed E-state index contributed by atoms with van der Waals surface area (Å²) in [7, 11) is 0. The highest BCUT2D eigenvalue weighted by Gasteiger charge is 2.11. The van der Waals surface area contributed by atoms with Gasteiger partial charge in [-0.05, 0) is 50.4 Å². The largest absolute Gasteiger partial charge is 0.347 e. The fourth-order valence-corrected chi connectivity index (χ4v) is 3.37. The summed E-state index contributed by atoms with van der Waals surface area (Å²) in [6.45, 7) is 11.4. The van der Waals surface area contributed by atoms with Gasteiger partial charge in [-0.2, -0.15) is 0 Å². The molecule has 2 heterocycles. The van der Waals surface area contributed by atoms with Gasteiger partial charge in [0.15, 0.2) is 0 Å². The van der Waals surface area contributed by atoms with E-state index in [9.17, 15) is 0 Å². The Kier molecular flexibility index (Phi) is 4.61. The molecule has 3 rings (SSSR count). The fourth-order valence-electron chi connectivity index (χ4n) is 3.37. The van der Waals surface area contributed by atoms with Crippen LogP contribution in [0.5, 0.6) is 0 Å². The Morgan fingerprint density at radius 2 is 2.00 bits per heavy atom. The summed E-state index contributed by atoms with van der Waals surface area (Å²) in [4.78, 5) is 2.58. The highest BCUT2D eigenvalue weighted by molar-refractivity contribution is 5.84. The van der Waals surface area contributed by atoms with E-state index < -0.39 is 0 Å². The van der Waals surface area contributed by atoms with Crippen molar-refractivity contribution in [1.29, 1.82) is 0 Å². The van der Waals surface area contributed by atoms with E-state index in [1.54, 1.807) is 0 Å². The summed E-state index contributed by atoms with van der Waals surface area (Å²) < 4.78 is 2.39. The van der Waals surface area contributed by atoms with Gasteiger partial charge >= 0.3 is 0 Å². The van der Waals surface area contributed by atoms with E-state index in [1.807, 2.05) is 0 Å². The number of aryl methyl sites for hydroxylation is 3. The number of nitrogens with one attached hydrogen (secondary N) is 1. The normalized spacial score (nSPS) is 16.7. The maximum atomic E-state index is 3.42. The van der Waals surface area contributed by atoms with E-state index in [2.05, 4.69) is 53.0 Å². The van der Waals surface area contributed by atoms with Gasteiger partial charge in [-0.1, -0.05) is 12.1 Å². The van der Waals surface area contributed by atoms with Gasteiger partial charge in [0.25, 0.3) is 0 Å². The number of fused-ring (bicyclic) bond motifs is 1. The molecule has 1 aromatic carbocycles. The first-order chi connectivity index (χ1) is 10.3. The van der Waals surface area contributed by atoms with Gasteiger partial charge in [-0.25, -0.2) is 0 Å². The van der Waals surface area contributed by atoms with Gasteiger partial charge in [0, 0.05) is 49.8 Å². The lowest BCUT2D eigenvalue weighted by Gasteiger charge is -2.26. The van der Waals surface area contributed by atoms with Crippen molar-refractivity contribution in [3.63, 3.8) is 0 Å². The molecule has 0 radical (unpaired) electrons. The predicted octanol–water partition coefficient (Wildman–Crippen LogP) is 2.81. The summed E-state index contributed by atoms with van der Waals surface area (Å²) in [5.74, 6) is 0. The van der Waals surface area contributed by atoms with E-state index >= 15 is 0 Å². The van der Waals surface area contributed by atoms with Crippen LogP contribution in [0.25, 0.3) is 10.9 Å². The van der Waals surface area contributed by atoms with Gasteiger partial charge in [-0.15, -0.1) is 0 Å². The Labute approximate surface area is 127 Å². The van der Waals surface area contributed by atoms with Gasteiger partial charge in [0.05, 0.1) is 0 Å². The average Bonchev–Trinajstić information content (AvgIpc) is 2.85. The number of piperazine rings is 1. The number of rotatable bonds is 5. The first-order valence-electron chi connectivity index (χ1n) is 8.29. The minimum absolute atomic E-state index is 1.05. The molecule has 0 spiro atoms. The van der Waals surface area contributed by atoms with Crippen molar-refractivity contribution in [3.05, 3.63) is 35.5 Å². The van der Waals surface area contributed by atoms with Crippen LogP contribution in [0.3, 0.4) is 0 Å². The van der Waals surface area contributed by atoms with Crippen LogP contribution >= 0.6 is 0 Å². The van der Waals surface area contributed by atoms with E-state index in [0.29, 0.717) is 0 Å². The number of hydrogen-bond donors (Lipinski definition) is 1. The molecule has 1 fully saturated rings. The Hall–Kier alpha value is -1.32. The molecule has 1 aliphatic rings. The first kappa shape index (κ1) is 14.6. The Morgan fingerprint density at radius 3 is 2.76 bits per heavy atom. The predicted molar refractivity (Wildman–Crippen MR) is 90.0 cm³/mol. The maximum Gasteiger partial charge on any atom is 0.0485 e. The van der Waals surface area contributed by atoms with Crippen LogP contribution in [0.2, 0.25) is 0 Å². The van der Waals surface area contributed by atoms with Gasteiger partial charge in [0.1, 0.15) is 0 Å². The zero-order valence-corrected chi connectivity index (χ0v) is 13.4. The SMILES string of the molecule is CCn1cc(CCCN2CCNCC2)c2ccc(C)cc21. The van der Waals surface area contributed by atoms with Crippen molar-refractivity contribution in [2.45, 2.75) is 33.2 Å². The smallest absolute Gasteiger partial charge is 0.0485 e. The van der Waals surface area contributed by atoms with Gasteiger partial charge < -0.3 is 14.8 Å². The number of hydrogen-bond acceptors (Lipinski definition) is 2. The second-order valence-corrected chi connectivity index (χ2v) is 6.16. The van der Waals surface area contributed by atoms with Crippen molar-refractivity contribution in [1.82, 2.24) is 14.8 Å². The molecule has 0 unspecified atom stereocenters. The second-order valence-electron chi connectivity index (χ2n) is 6.16. The molecule has 0 amide bonds. The number of benzene rings is 1. The molecule has 0 atom stereocenters. The summed E-state index contributed by atoms with van der Waals surface area (Å²) in [5, 5.41) is 4.87. The second kappa shape index (κ2) is 6.63. The third kappa shape index (κ3) is 3.30. The molecule has 3 heteroatoms. The van der Waals surface area contributed by atoms with Crippen LogP contribution < -0.4 is 5.32 Å². The summed E-state index contributed by atoms with van der Waals surface area (Å²) in [5.41, 5.74) is 4.26. The zero-order chi connectivity index (χ0) is 14.7. The average molecular weight is 285 g/mol. The lowest BCUT2D eigenvalue weighted by Crippen LogP contribution is -2.43. The highest BCUT2D eigenvalue weighted by Crippen LogP contribution is 2.24. The van der Waals surface area contributed by atoms with Crippen LogP contribution in [0.15, 0.2) is 24.4 Å². The van der Waals surface area contributed by atoms with E-state index in [-0.39, 0.29) is 0 Å². The standard InChI is InChI=1S/C18H27N3/c1-3-21-14-16(17-7-6-15(2)13-18(17)21)5-4-10-20-11-8-19-9-12-20/h6-7,13-14,19H,3-5,8-12H2,1-2H3. The molecule has 1 aliphatic heterocycles. The third-order valence-electron chi connectivity index (χ3n) is 4.59. The van der Waals surface area contributed by atoms with E-state index in [4.69, 9.17) is 0 Å². The molecule has 0 saturated carbocycles. The summed E-state index contributed by atoms with van der Waals surface area (Å²) >= 11 is 0. The first-order valence-corrected chi connectivity index (χ1v) is 8.29. The molecule has 1 N–H and O–H groups in total. The Bertz CT molecular complexity index is 594. The van der Waals surface area contributed by atoms with Gasteiger partial charge in [-0.3, -0.25) is 0 Å². The molecular formula is C18H27N3. The quantitative estimate of drug-likeness (QED) is 0.911. The van der Waals surface area contributed by atoms with Crippen LogP contribution in [-0.4, -0.2) is 42.2 Å². The molecule has 0 aliphatic carbocycles.